The second-order valence-electron chi connectivity index (χ2n) is 5.52. The highest BCUT2D eigenvalue weighted by Gasteiger charge is 2.20. The summed E-state index contributed by atoms with van der Waals surface area (Å²) in [5.74, 6) is 0.568. The molecule has 0 saturated carbocycles. The molecule has 1 heterocycles. The molecular formula is C14H25N5O. The average Bonchev–Trinajstić information content (AvgIpc) is 2.45. The van der Waals surface area contributed by atoms with Gasteiger partial charge in [-0.25, -0.2) is 0 Å². The number of hydrogen-bond acceptors (Lipinski definition) is 5. The summed E-state index contributed by atoms with van der Waals surface area (Å²) in [4.78, 5) is 13.7. The molecule has 0 aliphatic carbocycles. The molecule has 0 aliphatic heterocycles. The minimum Gasteiger partial charge on any atom is -0.355 e. The van der Waals surface area contributed by atoms with Crippen molar-refractivity contribution in [1.29, 1.82) is 0 Å². The van der Waals surface area contributed by atoms with Gasteiger partial charge in [-0.3, -0.25) is 4.79 Å². The summed E-state index contributed by atoms with van der Waals surface area (Å²) in [5.41, 5.74) is 6.12. The minimum atomic E-state index is -0.197. The number of carbonyl (C=O) groups excluding carboxylic acids is 1. The minimum absolute atomic E-state index is 0.00987. The molecule has 6 nitrogen and oxygen atoms in total. The molecule has 0 spiro atoms. The highest BCUT2D eigenvalue weighted by atomic mass is 16.1. The van der Waals surface area contributed by atoms with Crippen LogP contribution in [0.15, 0.2) is 12.1 Å². The van der Waals surface area contributed by atoms with Gasteiger partial charge < -0.3 is 16.0 Å². The lowest BCUT2D eigenvalue weighted by Crippen LogP contribution is -2.39. The maximum absolute atomic E-state index is 11.6. The quantitative estimate of drug-likeness (QED) is 0.779. The van der Waals surface area contributed by atoms with E-state index in [2.05, 4.69) is 41.2 Å². The fourth-order valence-corrected chi connectivity index (χ4v) is 1.80. The van der Waals surface area contributed by atoms with Crippen molar-refractivity contribution in [2.45, 2.75) is 27.7 Å². The Labute approximate surface area is 120 Å². The molecule has 20 heavy (non-hydrogen) atoms. The maximum Gasteiger partial charge on any atom is 0.271 e. The second kappa shape index (κ2) is 7.19. The highest BCUT2D eigenvalue weighted by molar-refractivity contribution is 5.92. The van der Waals surface area contributed by atoms with Gasteiger partial charge >= 0.3 is 0 Å². The maximum atomic E-state index is 11.6. The summed E-state index contributed by atoms with van der Waals surface area (Å²) in [6, 6.07) is 3.53. The van der Waals surface area contributed by atoms with Crippen molar-refractivity contribution >= 4 is 11.7 Å². The van der Waals surface area contributed by atoms with E-state index >= 15 is 0 Å². The zero-order valence-electron chi connectivity index (χ0n) is 12.8. The summed E-state index contributed by atoms with van der Waals surface area (Å²) in [5, 5.41) is 10.8. The standard InChI is InChI=1S/C14H25N5O/c1-5-16-13(20)11-7-8-12(18-17-11)19(6-2)10-14(3,4)9-15/h7-8H,5-6,9-10,15H2,1-4H3,(H,16,20). The molecule has 1 amide bonds. The summed E-state index contributed by atoms with van der Waals surface area (Å²) in [6.45, 7) is 11.0. The molecule has 1 aromatic heterocycles. The monoisotopic (exact) mass is 279 g/mol. The first-order valence-corrected chi connectivity index (χ1v) is 7.00. The molecule has 0 atom stereocenters. The number of aromatic nitrogens is 2. The van der Waals surface area contributed by atoms with E-state index in [0.29, 0.717) is 18.8 Å². The van der Waals surface area contributed by atoms with Crippen LogP contribution in [0.1, 0.15) is 38.2 Å². The van der Waals surface area contributed by atoms with Gasteiger partial charge in [0.15, 0.2) is 11.5 Å². The fraction of sp³-hybridized carbons (Fsp3) is 0.643. The number of nitrogens with one attached hydrogen (secondary N) is 1. The first-order valence-electron chi connectivity index (χ1n) is 7.00. The van der Waals surface area contributed by atoms with Crippen molar-refractivity contribution in [3.8, 4) is 0 Å². The average molecular weight is 279 g/mol. The van der Waals surface area contributed by atoms with Gasteiger partial charge in [0.1, 0.15) is 0 Å². The third kappa shape index (κ3) is 4.45. The van der Waals surface area contributed by atoms with E-state index in [1.54, 1.807) is 6.07 Å². The molecule has 0 bridgehead atoms. The van der Waals surface area contributed by atoms with E-state index in [1.807, 2.05) is 13.0 Å². The molecule has 3 N–H and O–H groups in total. The summed E-state index contributed by atoms with van der Waals surface area (Å²) >= 11 is 0. The fourth-order valence-electron chi connectivity index (χ4n) is 1.80. The molecule has 0 radical (unpaired) electrons. The lowest BCUT2D eigenvalue weighted by molar-refractivity contribution is 0.0950. The van der Waals surface area contributed by atoms with Crippen LogP contribution in [0.2, 0.25) is 0 Å². The van der Waals surface area contributed by atoms with E-state index in [-0.39, 0.29) is 11.3 Å². The van der Waals surface area contributed by atoms with Crippen molar-refractivity contribution in [2.75, 3.05) is 31.1 Å². The van der Waals surface area contributed by atoms with Crippen LogP contribution >= 0.6 is 0 Å². The highest BCUT2D eigenvalue weighted by Crippen LogP contribution is 2.19. The topological polar surface area (TPSA) is 84.1 Å². The van der Waals surface area contributed by atoms with Crippen LogP contribution in [0.4, 0.5) is 5.82 Å². The number of rotatable bonds is 7. The number of nitrogens with two attached hydrogens (primary N) is 1. The van der Waals surface area contributed by atoms with Crippen molar-refractivity contribution in [1.82, 2.24) is 15.5 Å². The van der Waals surface area contributed by atoms with Crippen LogP contribution in [-0.2, 0) is 0 Å². The van der Waals surface area contributed by atoms with Crippen molar-refractivity contribution in [2.24, 2.45) is 11.1 Å². The Morgan fingerprint density at radius 3 is 2.50 bits per heavy atom. The van der Waals surface area contributed by atoms with Crippen LogP contribution in [0.5, 0.6) is 0 Å². The molecule has 0 saturated heterocycles. The first kappa shape index (κ1) is 16.4. The first-order chi connectivity index (χ1) is 9.43. The SMILES string of the molecule is CCNC(=O)c1ccc(N(CC)CC(C)(C)CN)nn1. The Hall–Kier alpha value is -1.69. The second-order valence-corrected chi connectivity index (χ2v) is 5.52. The van der Waals surface area contributed by atoms with Gasteiger partial charge in [-0.1, -0.05) is 13.8 Å². The number of anilines is 1. The van der Waals surface area contributed by atoms with Gasteiger partial charge in [-0.2, -0.15) is 0 Å². The predicted octanol–water partition coefficient (Wildman–Crippen LogP) is 1.04. The lowest BCUT2D eigenvalue weighted by atomic mass is 9.93. The molecule has 0 aliphatic rings. The van der Waals surface area contributed by atoms with Crippen molar-refractivity contribution < 1.29 is 4.79 Å². The number of hydrogen-bond donors (Lipinski definition) is 2. The normalized spacial score (nSPS) is 11.2. The van der Waals surface area contributed by atoms with Crippen LogP contribution < -0.4 is 16.0 Å². The molecular weight excluding hydrogens is 254 g/mol. The van der Waals surface area contributed by atoms with Crippen molar-refractivity contribution in [3.05, 3.63) is 17.8 Å². The van der Waals surface area contributed by atoms with Gasteiger partial charge in [-0.05, 0) is 37.9 Å². The zero-order valence-corrected chi connectivity index (χ0v) is 12.8. The zero-order chi connectivity index (χ0) is 15.2. The predicted molar refractivity (Wildman–Crippen MR) is 80.8 cm³/mol. The van der Waals surface area contributed by atoms with Gasteiger partial charge in [0.2, 0.25) is 0 Å². The van der Waals surface area contributed by atoms with Crippen LogP contribution in [0.25, 0.3) is 0 Å². The van der Waals surface area contributed by atoms with E-state index in [9.17, 15) is 4.79 Å². The van der Waals surface area contributed by atoms with Gasteiger partial charge in [0, 0.05) is 19.6 Å². The molecule has 1 rings (SSSR count). The summed E-state index contributed by atoms with van der Waals surface area (Å²) in [6.07, 6.45) is 0. The van der Waals surface area contributed by atoms with Crippen molar-refractivity contribution in [3.63, 3.8) is 0 Å². The molecule has 0 aromatic carbocycles. The Kier molecular flexibility index (Phi) is 5.88. The number of nitrogens with zero attached hydrogens (tertiary/aromatic N) is 3. The van der Waals surface area contributed by atoms with Gasteiger partial charge in [-0.15, -0.1) is 10.2 Å². The molecule has 0 unspecified atom stereocenters. The lowest BCUT2D eigenvalue weighted by Gasteiger charge is -2.31. The van der Waals surface area contributed by atoms with Gasteiger partial charge in [0.25, 0.3) is 5.91 Å². The number of amides is 1. The Morgan fingerprint density at radius 2 is 2.05 bits per heavy atom. The van der Waals surface area contributed by atoms with E-state index in [4.69, 9.17) is 5.73 Å². The molecule has 112 valence electrons. The van der Waals surface area contributed by atoms with E-state index < -0.39 is 0 Å². The molecule has 0 fully saturated rings. The Morgan fingerprint density at radius 1 is 1.35 bits per heavy atom. The Bertz CT molecular complexity index is 430. The Balaban J connectivity index is 2.82. The molecule has 1 aromatic rings. The number of carbonyl (C=O) groups is 1. The van der Waals surface area contributed by atoms with Crippen LogP contribution in [0, 0.1) is 5.41 Å². The summed E-state index contributed by atoms with van der Waals surface area (Å²) in [7, 11) is 0. The van der Waals surface area contributed by atoms with Gasteiger partial charge in [0.05, 0.1) is 0 Å². The summed E-state index contributed by atoms with van der Waals surface area (Å²) < 4.78 is 0. The molecule has 6 heteroatoms. The van der Waals surface area contributed by atoms with E-state index in [0.717, 1.165) is 18.9 Å². The third-order valence-corrected chi connectivity index (χ3v) is 3.10. The van der Waals surface area contributed by atoms with E-state index in [1.165, 1.54) is 0 Å². The smallest absolute Gasteiger partial charge is 0.271 e. The van der Waals surface area contributed by atoms with Crippen LogP contribution in [-0.4, -0.2) is 42.3 Å². The third-order valence-electron chi connectivity index (χ3n) is 3.10. The largest absolute Gasteiger partial charge is 0.355 e. The van der Waals surface area contributed by atoms with Crippen LogP contribution in [0.3, 0.4) is 0 Å².